The molecule has 0 aliphatic carbocycles. The van der Waals surface area contributed by atoms with Gasteiger partial charge in [0.1, 0.15) is 11.6 Å². The summed E-state index contributed by atoms with van der Waals surface area (Å²) in [5.74, 6) is 1.47. The van der Waals surface area contributed by atoms with E-state index in [1.165, 1.54) is 0 Å². The van der Waals surface area contributed by atoms with Crippen molar-refractivity contribution in [3.8, 4) is 6.07 Å². The summed E-state index contributed by atoms with van der Waals surface area (Å²) >= 11 is 0. The summed E-state index contributed by atoms with van der Waals surface area (Å²) < 4.78 is 0. The molecule has 1 unspecified atom stereocenters. The van der Waals surface area contributed by atoms with Gasteiger partial charge in [-0.05, 0) is 6.42 Å². The minimum absolute atomic E-state index is 0.00418. The number of H-pyrrole nitrogens is 1. The van der Waals surface area contributed by atoms with Gasteiger partial charge in [-0.15, -0.1) is 0 Å². The Hall–Kier alpha value is -1.87. The average Bonchev–Trinajstić information content (AvgIpc) is 2.48. The molecular formula is C14H21N5O. The molecule has 0 radical (unpaired) electrons. The van der Waals surface area contributed by atoms with E-state index in [2.05, 4.69) is 25.8 Å². The Bertz CT molecular complexity index is 539. The molecule has 6 nitrogen and oxygen atoms in total. The van der Waals surface area contributed by atoms with Crippen LogP contribution >= 0.6 is 0 Å². The number of aromatic amines is 1. The Morgan fingerprint density at radius 1 is 1.40 bits per heavy atom. The van der Waals surface area contributed by atoms with Crippen LogP contribution in [-0.4, -0.2) is 47.1 Å². The van der Waals surface area contributed by atoms with Crippen molar-refractivity contribution in [3.63, 3.8) is 0 Å². The first-order valence-corrected chi connectivity index (χ1v) is 7.16. The van der Waals surface area contributed by atoms with Crippen molar-refractivity contribution in [1.82, 2.24) is 14.9 Å². The minimum Gasteiger partial charge on any atom is -0.354 e. The average molecular weight is 275 g/mol. The lowest BCUT2D eigenvalue weighted by molar-refractivity contribution is 0.216. The van der Waals surface area contributed by atoms with Gasteiger partial charge >= 0.3 is 0 Å². The lowest BCUT2D eigenvalue weighted by Gasteiger charge is -2.37. The van der Waals surface area contributed by atoms with Gasteiger partial charge in [0.25, 0.3) is 5.56 Å². The zero-order valence-corrected chi connectivity index (χ0v) is 12.1. The summed E-state index contributed by atoms with van der Waals surface area (Å²) in [6, 6.07) is 3.89. The van der Waals surface area contributed by atoms with Crippen LogP contribution < -0.4 is 10.5 Å². The smallest absolute Gasteiger partial charge is 0.252 e. The van der Waals surface area contributed by atoms with Gasteiger partial charge in [0.2, 0.25) is 0 Å². The molecule has 0 amide bonds. The van der Waals surface area contributed by atoms with Gasteiger partial charge in [0.05, 0.1) is 12.1 Å². The van der Waals surface area contributed by atoms with Gasteiger partial charge in [-0.3, -0.25) is 9.69 Å². The minimum atomic E-state index is -0.0993. The molecule has 1 aliphatic rings. The third-order valence-electron chi connectivity index (χ3n) is 3.73. The molecule has 0 aromatic carbocycles. The lowest BCUT2D eigenvalue weighted by Crippen LogP contribution is -2.50. The van der Waals surface area contributed by atoms with Crippen LogP contribution in [0.15, 0.2) is 10.9 Å². The van der Waals surface area contributed by atoms with E-state index >= 15 is 0 Å². The molecule has 6 heteroatoms. The first-order chi connectivity index (χ1) is 9.67. The van der Waals surface area contributed by atoms with E-state index in [0.29, 0.717) is 0 Å². The van der Waals surface area contributed by atoms with E-state index < -0.39 is 0 Å². The van der Waals surface area contributed by atoms with Crippen molar-refractivity contribution in [2.75, 3.05) is 31.1 Å². The molecular weight excluding hydrogens is 254 g/mol. The van der Waals surface area contributed by atoms with E-state index in [-0.39, 0.29) is 11.6 Å². The molecule has 0 spiro atoms. The number of nitrogens with one attached hydrogen (secondary N) is 1. The Labute approximate surface area is 119 Å². The number of nitrogens with zero attached hydrogens (tertiary/aromatic N) is 4. The number of hydrogen-bond acceptors (Lipinski definition) is 5. The Morgan fingerprint density at radius 3 is 2.65 bits per heavy atom. The van der Waals surface area contributed by atoms with Crippen LogP contribution in [0.25, 0.3) is 0 Å². The largest absolute Gasteiger partial charge is 0.354 e. The molecule has 1 saturated heterocycles. The molecule has 1 atom stereocenters. The molecule has 2 rings (SSSR count). The Morgan fingerprint density at radius 2 is 2.10 bits per heavy atom. The molecule has 1 aliphatic heterocycles. The fourth-order valence-electron chi connectivity index (χ4n) is 2.52. The summed E-state index contributed by atoms with van der Waals surface area (Å²) in [4.78, 5) is 23.1. The standard InChI is InChI=1S/C14H21N5O/c1-3-11(10-15)18-5-7-19(8-6-18)13-9-14(20)17-12(4-2)16-13/h9,11H,3-8H2,1-2H3,(H,16,17,20). The van der Waals surface area contributed by atoms with Crippen LogP contribution in [0.3, 0.4) is 0 Å². The number of nitriles is 1. The molecule has 20 heavy (non-hydrogen) atoms. The second kappa shape index (κ2) is 6.53. The summed E-state index contributed by atoms with van der Waals surface area (Å²) in [6.07, 6.45) is 1.56. The number of aromatic nitrogens is 2. The molecule has 0 bridgehead atoms. The van der Waals surface area contributed by atoms with Crippen LogP contribution in [0, 0.1) is 11.3 Å². The SMILES string of the molecule is CCc1nc(N2CCN(C(C#N)CC)CC2)cc(=O)[nH]1. The molecule has 1 aromatic heterocycles. The van der Waals surface area contributed by atoms with E-state index in [4.69, 9.17) is 5.26 Å². The topological polar surface area (TPSA) is 76.0 Å². The van der Waals surface area contributed by atoms with Crippen LogP contribution in [0.4, 0.5) is 5.82 Å². The highest BCUT2D eigenvalue weighted by Gasteiger charge is 2.23. The summed E-state index contributed by atoms with van der Waals surface area (Å²) in [6.45, 7) is 7.28. The van der Waals surface area contributed by atoms with Gasteiger partial charge in [-0.2, -0.15) is 5.26 Å². The molecule has 1 aromatic rings. The van der Waals surface area contributed by atoms with Crippen molar-refractivity contribution in [1.29, 1.82) is 5.26 Å². The third kappa shape index (κ3) is 3.17. The van der Waals surface area contributed by atoms with E-state index in [9.17, 15) is 4.79 Å². The number of aryl methyl sites for hydroxylation is 1. The second-order valence-electron chi connectivity index (χ2n) is 4.98. The lowest BCUT2D eigenvalue weighted by atomic mass is 10.2. The Balaban J connectivity index is 2.06. The predicted molar refractivity (Wildman–Crippen MR) is 77.7 cm³/mol. The van der Waals surface area contributed by atoms with Crippen molar-refractivity contribution >= 4 is 5.82 Å². The first kappa shape index (κ1) is 14.5. The van der Waals surface area contributed by atoms with Gasteiger partial charge in [0.15, 0.2) is 0 Å². The highest BCUT2D eigenvalue weighted by atomic mass is 16.1. The van der Waals surface area contributed by atoms with Crippen molar-refractivity contribution in [2.45, 2.75) is 32.7 Å². The van der Waals surface area contributed by atoms with Crippen molar-refractivity contribution < 1.29 is 0 Å². The maximum Gasteiger partial charge on any atom is 0.252 e. The summed E-state index contributed by atoms with van der Waals surface area (Å²) in [7, 11) is 0. The zero-order valence-electron chi connectivity index (χ0n) is 12.1. The number of piperazine rings is 1. The molecule has 1 fully saturated rings. The highest BCUT2D eigenvalue weighted by molar-refractivity contribution is 5.38. The molecule has 2 heterocycles. The van der Waals surface area contributed by atoms with E-state index in [1.807, 2.05) is 13.8 Å². The van der Waals surface area contributed by atoms with Gasteiger partial charge in [0, 0.05) is 38.7 Å². The molecule has 108 valence electrons. The number of rotatable bonds is 4. The maximum absolute atomic E-state index is 11.6. The van der Waals surface area contributed by atoms with Crippen molar-refractivity contribution in [3.05, 3.63) is 22.2 Å². The molecule has 0 saturated carbocycles. The van der Waals surface area contributed by atoms with Crippen LogP contribution in [-0.2, 0) is 6.42 Å². The number of anilines is 1. The van der Waals surface area contributed by atoms with E-state index in [0.717, 1.165) is 50.7 Å². The van der Waals surface area contributed by atoms with Crippen LogP contribution in [0.5, 0.6) is 0 Å². The Kier molecular flexibility index (Phi) is 4.74. The van der Waals surface area contributed by atoms with Gasteiger partial charge in [-0.1, -0.05) is 13.8 Å². The molecule has 1 N–H and O–H groups in total. The van der Waals surface area contributed by atoms with E-state index in [1.54, 1.807) is 6.07 Å². The fraction of sp³-hybridized carbons (Fsp3) is 0.643. The van der Waals surface area contributed by atoms with Crippen LogP contribution in [0.1, 0.15) is 26.1 Å². The zero-order chi connectivity index (χ0) is 14.5. The van der Waals surface area contributed by atoms with Gasteiger partial charge < -0.3 is 9.88 Å². The fourth-order valence-corrected chi connectivity index (χ4v) is 2.52. The van der Waals surface area contributed by atoms with Crippen LogP contribution in [0.2, 0.25) is 0 Å². The summed E-state index contributed by atoms with van der Waals surface area (Å²) in [5.41, 5.74) is -0.0993. The normalized spacial score (nSPS) is 17.8. The first-order valence-electron chi connectivity index (χ1n) is 7.16. The maximum atomic E-state index is 11.6. The second-order valence-corrected chi connectivity index (χ2v) is 4.98. The third-order valence-corrected chi connectivity index (χ3v) is 3.73. The van der Waals surface area contributed by atoms with Gasteiger partial charge in [-0.25, -0.2) is 4.98 Å². The monoisotopic (exact) mass is 275 g/mol. The summed E-state index contributed by atoms with van der Waals surface area (Å²) in [5, 5.41) is 9.10. The predicted octanol–water partition coefficient (Wildman–Crippen LogP) is 0.756. The van der Waals surface area contributed by atoms with Crippen molar-refractivity contribution in [2.24, 2.45) is 0 Å². The quantitative estimate of drug-likeness (QED) is 0.878. The number of hydrogen-bond donors (Lipinski definition) is 1. The highest BCUT2D eigenvalue weighted by Crippen LogP contribution is 2.14.